The lowest BCUT2D eigenvalue weighted by Crippen LogP contribution is -2.49. The van der Waals surface area contributed by atoms with E-state index in [0.29, 0.717) is 0 Å². The van der Waals surface area contributed by atoms with Gasteiger partial charge in [0.25, 0.3) is 0 Å². The molecule has 1 aliphatic heterocycles. The number of piperazine rings is 1. The van der Waals surface area contributed by atoms with Gasteiger partial charge in [-0.15, -0.1) is 24.0 Å². The molecule has 2 N–H and O–H groups in total. The standard InChI is InChI=1S/C21H38N6.HI/c1-4-25-16-18-26(19-17-25)15-13-24-21(22-3)23-12-9-14-27(5-2)20-10-7-6-8-11-20;/h6-8,10-11H,4-5,9,12-19H2,1-3H3,(H2,22,23,24);1H. The lowest BCUT2D eigenvalue weighted by atomic mass is 10.2. The van der Waals surface area contributed by atoms with E-state index in [9.17, 15) is 0 Å². The third kappa shape index (κ3) is 8.96. The number of halogens is 1. The van der Waals surface area contributed by atoms with Gasteiger partial charge in [0.15, 0.2) is 5.96 Å². The van der Waals surface area contributed by atoms with Crippen LogP contribution < -0.4 is 15.5 Å². The monoisotopic (exact) mass is 502 g/mol. The highest BCUT2D eigenvalue weighted by molar-refractivity contribution is 14.0. The summed E-state index contributed by atoms with van der Waals surface area (Å²) in [5.74, 6) is 0.907. The molecule has 0 unspecified atom stereocenters. The molecule has 0 aliphatic carbocycles. The van der Waals surface area contributed by atoms with Gasteiger partial charge >= 0.3 is 0 Å². The second kappa shape index (κ2) is 14.9. The van der Waals surface area contributed by atoms with Gasteiger partial charge in [-0.05, 0) is 32.0 Å². The summed E-state index contributed by atoms with van der Waals surface area (Å²) in [5.41, 5.74) is 1.30. The number of nitrogens with zero attached hydrogens (tertiary/aromatic N) is 4. The molecule has 0 spiro atoms. The van der Waals surface area contributed by atoms with Gasteiger partial charge in [-0.3, -0.25) is 9.89 Å². The molecule has 28 heavy (non-hydrogen) atoms. The number of likely N-dealkylation sites (N-methyl/N-ethyl adjacent to an activating group) is 1. The first-order valence-electron chi connectivity index (χ1n) is 10.5. The van der Waals surface area contributed by atoms with Crippen molar-refractivity contribution in [2.24, 2.45) is 4.99 Å². The van der Waals surface area contributed by atoms with Crippen molar-refractivity contribution in [1.29, 1.82) is 0 Å². The quantitative estimate of drug-likeness (QED) is 0.223. The van der Waals surface area contributed by atoms with Gasteiger partial charge in [-0.1, -0.05) is 25.1 Å². The molecule has 7 heteroatoms. The van der Waals surface area contributed by atoms with Gasteiger partial charge in [-0.2, -0.15) is 0 Å². The highest BCUT2D eigenvalue weighted by Crippen LogP contribution is 2.12. The molecule has 2 rings (SSSR count). The molecule has 1 aromatic carbocycles. The number of benzene rings is 1. The Morgan fingerprint density at radius 1 is 1.00 bits per heavy atom. The molecule has 0 saturated carbocycles. The highest BCUT2D eigenvalue weighted by Gasteiger charge is 2.14. The van der Waals surface area contributed by atoms with Crippen LogP contribution in [0.1, 0.15) is 20.3 Å². The first-order valence-corrected chi connectivity index (χ1v) is 10.5. The average Bonchev–Trinajstić information content (AvgIpc) is 2.73. The first kappa shape index (κ1) is 25.0. The predicted molar refractivity (Wildman–Crippen MR) is 132 cm³/mol. The molecule has 1 heterocycles. The minimum absolute atomic E-state index is 0. The van der Waals surface area contributed by atoms with Crippen molar-refractivity contribution in [1.82, 2.24) is 20.4 Å². The van der Waals surface area contributed by atoms with Crippen molar-refractivity contribution >= 4 is 35.6 Å². The van der Waals surface area contributed by atoms with E-state index in [2.05, 4.69) is 74.5 Å². The fourth-order valence-corrected chi connectivity index (χ4v) is 3.47. The second-order valence-corrected chi connectivity index (χ2v) is 6.97. The molecule has 1 fully saturated rings. The van der Waals surface area contributed by atoms with Crippen LogP contribution in [-0.2, 0) is 0 Å². The molecule has 0 amide bonds. The number of guanidine groups is 1. The van der Waals surface area contributed by atoms with E-state index in [1.807, 2.05) is 7.05 Å². The Morgan fingerprint density at radius 2 is 1.64 bits per heavy atom. The van der Waals surface area contributed by atoms with Crippen LogP contribution in [0.3, 0.4) is 0 Å². The van der Waals surface area contributed by atoms with Crippen molar-refractivity contribution in [2.45, 2.75) is 20.3 Å². The van der Waals surface area contributed by atoms with Gasteiger partial charge in [0.2, 0.25) is 0 Å². The molecule has 1 aromatic rings. The van der Waals surface area contributed by atoms with Crippen molar-refractivity contribution in [2.75, 3.05) is 77.4 Å². The maximum Gasteiger partial charge on any atom is 0.191 e. The number of hydrogen-bond acceptors (Lipinski definition) is 4. The molecule has 0 atom stereocenters. The number of anilines is 1. The lowest BCUT2D eigenvalue weighted by molar-refractivity contribution is 0.139. The van der Waals surface area contributed by atoms with Crippen molar-refractivity contribution < 1.29 is 0 Å². The third-order valence-electron chi connectivity index (χ3n) is 5.26. The van der Waals surface area contributed by atoms with Crippen LogP contribution in [0.25, 0.3) is 0 Å². The van der Waals surface area contributed by atoms with Crippen LogP contribution in [0.4, 0.5) is 5.69 Å². The van der Waals surface area contributed by atoms with Crippen LogP contribution in [-0.4, -0.2) is 88.3 Å². The van der Waals surface area contributed by atoms with Crippen molar-refractivity contribution in [3.63, 3.8) is 0 Å². The van der Waals surface area contributed by atoms with E-state index in [1.54, 1.807) is 0 Å². The fraction of sp³-hybridized carbons (Fsp3) is 0.667. The molecule has 0 radical (unpaired) electrons. The zero-order valence-electron chi connectivity index (χ0n) is 17.9. The normalized spacial score (nSPS) is 15.8. The SMILES string of the molecule is CCN1CCN(CCNC(=NC)NCCCN(CC)c2ccccc2)CC1.I. The topological polar surface area (TPSA) is 46.1 Å². The van der Waals surface area contributed by atoms with Gasteiger partial charge in [0.05, 0.1) is 0 Å². The molecule has 1 saturated heterocycles. The lowest BCUT2D eigenvalue weighted by Gasteiger charge is -2.34. The Kier molecular flexibility index (Phi) is 13.3. The number of rotatable bonds is 10. The summed E-state index contributed by atoms with van der Waals surface area (Å²) in [6.45, 7) is 15.4. The van der Waals surface area contributed by atoms with E-state index in [0.717, 1.165) is 45.1 Å². The third-order valence-corrected chi connectivity index (χ3v) is 5.26. The zero-order valence-corrected chi connectivity index (χ0v) is 20.2. The molecule has 0 aromatic heterocycles. The summed E-state index contributed by atoms with van der Waals surface area (Å²) >= 11 is 0. The summed E-state index contributed by atoms with van der Waals surface area (Å²) < 4.78 is 0. The summed E-state index contributed by atoms with van der Waals surface area (Å²) in [6.07, 6.45) is 1.09. The minimum atomic E-state index is 0. The maximum atomic E-state index is 4.35. The Labute approximate surface area is 188 Å². The van der Waals surface area contributed by atoms with Crippen LogP contribution in [0.5, 0.6) is 0 Å². The Bertz CT molecular complexity index is 531. The Balaban J connectivity index is 0.00000392. The van der Waals surface area contributed by atoms with Crippen LogP contribution >= 0.6 is 24.0 Å². The second-order valence-electron chi connectivity index (χ2n) is 6.97. The largest absolute Gasteiger partial charge is 0.372 e. The van der Waals surface area contributed by atoms with Crippen molar-refractivity contribution in [3.8, 4) is 0 Å². The summed E-state index contributed by atoms with van der Waals surface area (Å²) in [4.78, 5) is 11.8. The smallest absolute Gasteiger partial charge is 0.191 e. The molecule has 1 aliphatic rings. The van der Waals surface area contributed by atoms with Gasteiger partial charge in [0.1, 0.15) is 0 Å². The summed E-state index contributed by atoms with van der Waals surface area (Å²) in [5, 5.41) is 6.89. The van der Waals surface area contributed by atoms with E-state index < -0.39 is 0 Å². The zero-order chi connectivity index (χ0) is 19.3. The molecule has 160 valence electrons. The number of nitrogens with one attached hydrogen (secondary N) is 2. The maximum absolute atomic E-state index is 4.35. The predicted octanol–water partition coefficient (Wildman–Crippen LogP) is 2.32. The average molecular weight is 502 g/mol. The van der Waals surface area contributed by atoms with Crippen molar-refractivity contribution in [3.05, 3.63) is 30.3 Å². The molecule has 0 bridgehead atoms. The fourth-order valence-electron chi connectivity index (χ4n) is 3.47. The van der Waals surface area contributed by atoms with Crippen LogP contribution in [0, 0.1) is 0 Å². The number of hydrogen-bond donors (Lipinski definition) is 2. The summed E-state index contributed by atoms with van der Waals surface area (Å²) in [7, 11) is 1.84. The summed E-state index contributed by atoms with van der Waals surface area (Å²) in [6, 6.07) is 10.6. The number of aliphatic imine (C=N–C) groups is 1. The van der Waals surface area contributed by atoms with E-state index in [-0.39, 0.29) is 24.0 Å². The van der Waals surface area contributed by atoms with Gasteiger partial charge < -0.3 is 20.4 Å². The number of para-hydroxylation sites is 1. The van der Waals surface area contributed by atoms with E-state index in [4.69, 9.17) is 0 Å². The van der Waals surface area contributed by atoms with E-state index in [1.165, 1.54) is 38.4 Å². The van der Waals surface area contributed by atoms with Crippen LogP contribution in [0.15, 0.2) is 35.3 Å². The first-order chi connectivity index (χ1) is 13.3. The van der Waals surface area contributed by atoms with Gasteiger partial charge in [0, 0.05) is 71.6 Å². The Morgan fingerprint density at radius 3 is 2.25 bits per heavy atom. The molecular formula is C21H39IN6. The Hall–Kier alpha value is -1.06. The van der Waals surface area contributed by atoms with Gasteiger partial charge in [-0.25, -0.2) is 0 Å². The molecular weight excluding hydrogens is 463 g/mol. The minimum Gasteiger partial charge on any atom is -0.372 e. The molecule has 6 nitrogen and oxygen atoms in total. The van der Waals surface area contributed by atoms with E-state index >= 15 is 0 Å². The highest BCUT2D eigenvalue weighted by atomic mass is 127. The van der Waals surface area contributed by atoms with Crippen LogP contribution in [0.2, 0.25) is 0 Å².